The molecule has 0 amide bonds. The van der Waals surface area contributed by atoms with Crippen LogP contribution in [0, 0.1) is 5.92 Å². The number of carbonyl (C=O) groups excluding carboxylic acids is 1. The number of aromatic nitrogens is 2. The number of hydrogen-bond acceptors (Lipinski definition) is 2. The summed E-state index contributed by atoms with van der Waals surface area (Å²) in [5, 5.41) is 0. The first-order valence-electron chi connectivity index (χ1n) is 5.82. The minimum absolute atomic E-state index is 0.492. The molecule has 2 rings (SSSR count). The third-order valence-corrected chi connectivity index (χ3v) is 3.54. The van der Waals surface area contributed by atoms with E-state index < -0.39 is 0 Å². The molecular formula is C12H18N2O. The quantitative estimate of drug-likeness (QED) is 0.713. The van der Waals surface area contributed by atoms with Gasteiger partial charge in [0.15, 0.2) is 6.29 Å². The van der Waals surface area contributed by atoms with Gasteiger partial charge in [0.05, 0.1) is 12.5 Å². The third kappa shape index (κ3) is 2.11. The molecule has 1 aliphatic carbocycles. The molecule has 1 saturated carbocycles. The minimum atomic E-state index is 0.492. The van der Waals surface area contributed by atoms with Gasteiger partial charge in [-0.2, -0.15) is 0 Å². The fourth-order valence-corrected chi connectivity index (χ4v) is 2.60. The molecule has 15 heavy (non-hydrogen) atoms. The summed E-state index contributed by atoms with van der Waals surface area (Å²) in [7, 11) is 0. The van der Waals surface area contributed by atoms with Crippen molar-refractivity contribution in [3.63, 3.8) is 0 Å². The van der Waals surface area contributed by atoms with Gasteiger partial charge in [-0.1, -0.05) is 26.2 Å². The van der Waals surface area contributed by atoms with Gasteiger partial charge in [-0.3, -0.25) is 4.79 Å². The molecule has 0 spiro atoms. The predicted octanol–water partition coefficient (Wildman–Crippen LogP) is 2.84. The van der Waals surface area contributed by atoms with Crippen LogP contribution >= 0.6 is 0 Å². The van der Waals surface area contributed by atoms with Crippen LogP contribution in [0.2, 0.25) is 0 Å². The number of imidazole rings is 1. The van der Waals surface area contributed by atoms with Gasteiger partial charge in [0.2, 0.25) is 0 Å². The zero-order valence-electron chi connectivity index (χ0n) is 9.22. The van der Waals surface area contributed by atoms with Crippen LogP contribution in [0.5, 0.6) is 0 Å². The average molecular weight is 206 g/mol. The Morgan fingerprint density at radius 1 is 1.60 bits per heavy atom. The van der Waals surface area contributed by atoms with E-state index in [1.54, 1.807) is 12.5 Å². The molecule has 0 bridgehead atoms. The third-order valence-electron chi connectivity index (χ3n) is 3.54. The lowest BCUT2D eigenvalue weighted by atomic mass is 9.84. The van der Waals surface area contributed by atoms with Gasteiger partial charge in [-0.05, 0) is 18.8 Å². The molecule has 82 valence electrons. The SMILES string of the molecule is CCC1CCCC(n2cncc2C=O)C1. The summed E-state index contributed by atoms with van der Waals surface area (Å²) in [5.74, 6) is 0.825. The first-order chi connectivity index (χ1) is 7.35. The van der Waals surface area contributed by atoms with Gasteiger partial charge in [-0.15, -0.1) is 0 Å². The lowest BCUT2D eigenvalue weighted by Crippen LogP contribution is -2.19. The van der Waals surface area contributed by atoms with Crippen molar-refractivity contribution in [1.82, 2.24) is 9.55 Å². The van der Waals surface area contributed by atoms with Crippen molar-refractivity contribution < 1.29 is 4.79 Å². The largest absolute Gasteiger partial charge is 0.325 e. The zero-order chi connectivity index (χ0) is 10.7. The molecule has 0 saturated heterocycles. The topological polar surface area (TPSA) is 34.9 Å². The van der Waals surface area contributed by atoms with E-state index in [9.17, 15) is 4.79 Å². The van der Waals surface area contributed by atoms with E-state index in [0.29, 0.717) is 6.04 Å². The second-order valence-corrected chi connectivity index (χ2v) is 4.44. The summed E-state index contributed by atoms with van der Waals surface area (Å²) < 4.78 is 2.05. The Bertz CT molecular complexity index is 332. The molecule has 0 radical (unpaired) electrons. The Balaban J connectivity index is 2.12. The molecule has 1 fully saturated rings. The van der Waals surface area contributed by atoms with E-state index in [2.05, 4.69) is 16.5 Å². The van der Waals surface area contributed by atoms with E-state index in [-0.39, 0.29) is 0 Å². The van der Waals surface area contributed by atoms with Gasteiger partial charge < -0.3 is 4.57 Å². The molecular weight excluding hydrogens is 188 g/mol. The van der Waals surface area contributed by atoms with E-state index >= 15 is 0 Å². The van der Waals surface area contributed by atoms with Crippen LogP contribution in [-0.4, -0.2) is 15.8 Å². The fraction of sp³-hybridized carbons (Fsp3) is 0.667. The van der Waals surface area contributed by atoms with Crippen molar-refractivity contribution >= 4 is 6.29 Å². The van der Waals surface area contributed by atoms with Gasteiger partial charge in [-0.25, -0.2) is 4.98 Å². The van der Waals surface area contributed by atoms with Crippen molar-refractivity contribution in [2.24, 2.45) is 5.92 Å². The zero-order valence-corrected chi connectivity index (χ0v) is 9.22. The van der Waals surface area contributed by atoms with Crippen molar-refractivity contribution in [3.05, 3.63) is 18.2 Å². The molecule has 1 heterocycles. The molecule has 1 aliphatic rings. The maximum Gasteiger partial charge on any atom is 0.168 e. The van der Waals surface area contributed by atoms with Crippen LogP contribution in [-0.2, 0) is 0 Å². The van der Waals surface area contributed by atoms with Gasteiger partial charge >= 0.3 is 0 Å². The monoisotopic (exact) mass is 206 g/mol. The molecule has 1 aromatic heterocycles. The highest BCUT2D eigenvalue weighted by Crippen LogP contribution is 2.34. The minimum Gasteiger partial charge on any atom is -0.325 e. The number of hydrogen-bond donors (Lipinski definition) is 0. The summed E-state index contributed by atoms with van der Waals surface area (Å²) in [6.45, 7) is 2.25. The summed E-state index contributed by atoms with van der Waals surface area (Å²) >= 11 is 0. The first-order valence-corrected chi connectivity index (χ1v) is 5.82. The van der Waals surface area contributed by atoms with E-state index in [1.165, 1.54) is 32.1 Å². The van der Waals surface area contributed by atoms with Crippen molar-refractivity contribution in [2.75, 3.05) is 0 Å². The maximum absolute atomic E-state index is 10.8. The highest BCUT2D eigenvalue weighted by molar-refractivity contribution is 5.71. The van der Waals surface area contributed by atoms with Gasteiger partial charge in [0.1, 0.15) is 5.69 Å². The molecule has 0 N–H and O–H groups in total. The fourth-order valence-electron chi connectivity index (χ4n) is 2.60. The Hall–Kier alpha value is -1.12. The second-order valence-electron chi connectivity index (χ2n) is 4.44. The number of rotatable bonds is 3. The predicted molar refractivity (Wildman–Crippen MR) is 58.9 cm³/mol. The van der Waals surface area contributed by atoms with Crippen molar-refractivity contribution in [2.45, 2.75) is 45.1 Å². The first kappa shape index (κ1) is 10.4. The van der Waals surface area contributed by atoms with E-state index in [4.69, 9.17) is 0 Å². The number of carbonyl (C=O) groups is 1. The lowest BCUT2D eigenvalue weighted by molar-refractivity contribution is 0.111. The maximum atomic E-state index is 10.8. The van der Waals surface area contributed by atoms with Gasteiger partial charge in [0, 0.05) is 6.04 Å². The van der Waals surface area contributed by atoms with Crippen molar-refractivity contribution in [1.29, 1.82) is 0 Å². The summed E-state index contributed by atoms with van der Waals surface area (Å²) in [4.78, 5) is 14.9. The van der Waals surface area contributed by atoms with E-state index in [0.717, 1.165) is 17.9 Å². The Kier molecular flexibility index (Phi) is 3.19. The summed E-state index contributed by atoms with van der Waals surface area (Å²) in [6.07, 6.45) is 10.6. The van der Waals surface area contributed by atoms with Crippen LogP contribution in [0.4, 0.5) is 0 Å². The molecule has 3 nitrogen and oxygen atoms in total. The van der Waals surface area contributed by atoms with Crippen LogP contribution in [0.25, 0.3) is 0 Å². The van der Waals surface area contributed by atoms with Gasteiger partial charge in [0.25, 0.3) is 0 Å². The highest BCUT2D eigenvalue weighted by Gasteiger charge is 2.23. The van der Waals surface area contributed by atoms with E-state index in [1.807, 2.05) is 0 Å². The molecule has 2 unspecified atom stereocenters. The molecule has 1 aromatic rings. The molecule has 0 aliphatic heterocycles. The Labute approximate surface area is 90.5 Å². The number of nitrogens with zero attached hydrogens (tertiary/aromatic N) is 2. The normalized spacial score (nSPS) is 26.5. The van der Waals surface area contributed by atoms with Crippen LogP contribution in [0.1, 0.15) is 55.6 Å². The van der Waals surface area contributed by atoms with Crippen LogP contribution in [0.15, 0.2) is 12.5 Å². The standard InChI is InChI=1S/C12H18N2O/c1-2-10-4-3-5-11(6-10)14-9-13-7-12(14)8-15/h7-11H,2-6H2,1H3. The smallest absolute Gasteiger partial charge is 0.168 e. The molecule has 0 aromatic carbocycles. The van der Waals surface area contributed by atoms with Crippen LogP contribution < -0.4 is 0 Å². The average Bonchev–Trinajstić information content (AvgIpc) is 2.77. The molecule has 2 atom stereocenters. The second kappa shape index (κ2) is 4.60. The summed E-state index contributed by atoms with van der Waals surface area (Å²) in [5.41, 5.74) is 0.719. The highest BCUT2D eigenvalue weighted by atomic mass is 16.1. The summed E-state index contributed by atoms with van der Waals surface area (Å²) in [6, 6.07) is 0.492. The Morgan fingerprint density at radius 3 is 3.20 bits per heavy atom. The van der Waals surface area contributed by atoms with Crippen LogP contribution in [0.3, 0.4) is 0 Å². The van der Waals surface area contributed by atoms with Crippen molar-refractivity contribution in [3.8, 4) is 0 Å². The Morgan fingerprint density at radius 2 is 2.47 bits per heavy atom. The number of aldehydes is 1. The molecule has 3 heteroatoms. The lowest BCUT2D eigenvalue weighted by Gasteiger charge is -2.29.